The van der Waals surface area contributed by atoms with Crippen LogP contribution in [0.4, 0.5) is 4.79 Å². The molecular weight excluding hydrogens is 146 g/mol. The number of rotatable bonds is 0. The number of aliphatic hydroxyl groups excluding tert-OH is 1. The summed E-state index contributed by atoms with van der Waals surface area (Å²) in [6.07, 6.45) is -0.744. The third-order valence-electron chi connectivity index (χ3n) is 1.84. The Kier molecular flexibility index (Phi) is 2.31. The normalized spacial score (nSPS) is 27.1. The fourth-order valence-electron chi connectivity index (χ4n) is 1.15. The Labute approximate surface area is 65.4 Å². The van der Waals surface area contributed by atoms with Crippen LogP contribution in [0.3, 0.4) is 0 Å². The first-order chi connectivity index (χ1) is 5.11. The Morgan fingerprint density at radius 2 is 2.27 bits per heavy atom. The largest absolute Gasteiger partial charge is 0.372 e. The van der Waals surface area contributed by atoms with Crippen molar-refractivity contribution in [1.29, 1.82) is 0 Å². The molecule has 0 aromatic carbocycles. The molecule has 1 aliphatic rings. The van der Waals surface area contributed by atoms with Crippen LogP contribution in [0.1, 0.15) is 0 Å². The van der Waals surface area contributed by atoms with Gasteiger partial charge in [0.1, 0.15) is 6.23 Å². The van der Waals surface area contributed by atoms with E-state index in [1.54, 1.807) is 0 Å². The number of carbonyl (C=O) groups excluding carboxylic acids is 1. The first-order valence-electron chi connectivity index (χ1n) is 3.54. The quantitative estimate of drug-likeness (QED) is 0.458. The molecule has 0 aromatic heterocycles. The lowest BCUT2D eigenvalue weighted by Gasteiger charge is -2.35. The highest BCUT2D eigenvalue weighted by Crippen LogP contribution is 2.04. The van der Waals surface area contributed by atoms with Crippen LogP contribution in [0.25, 0.3) is 0 Å². The van der Waals surface area contributed by atoms with Gasteiger partial charge in [-0.1, -0.05) is 0 Å². The maximum Gasteiger partial charge on any atom is 0.316 e. The predicted molar refractivity (Wildman–Crippen MR) is 39.8 cm³/mol. The first-order valence-corrected chi connectivity index (χ1v) is 3.54. The summed E-state index contributed by atoms with van der Waals surface area (Å²) in [6.45, 7) is 1.75. The molecule has 5 heteroatoms. The Hall–Kier alpha value is -0.810. The first kappa shape index (κ1) is 8.29. The second-order valence-corrected chi connectivity index (χ2v) is 2.77. The monoisotopic (exact) mass is 159 g/mol. The molecule has 0 aliphatic carbocycles. The van der Waals surface area contributed by atoms with Crippen molar-refractivity contribution in [2.45, 2.75) is 6.23 Å². The standard InChI is InChI=1S/C6H13N3O2/c1-8-2-3-9(6(7)11)5(10)4-8/h5,10H,2-4H2,1H3,(H2,7,11). The molecule has 64 valence electrons. The van der Waals surface area contributed by atoms with Crippen LogP contribution in [0.15, 0.2) is 0 Å². The third-order valence-corrected chi connectivity index (χ3v) is 1.84. The summed E-state index contributed by atoms with van der Waals surface area (Å²) in [6, 6.07) is -0.550. The highest BCUT2D eigenvalue weighted by molar-refractivity contribution is 5.72. The van der Waals surface area contributed by atoms with Gasteiger partial charge in [-0.2, -0.15) is 0 Å². The lowest BCUT2D eigenvalue weighted by atomic mass is 10.3. The predicted octanol–water partition coefficient (Wildman–Crippen LogP) is -1.37. The smallest absolute Gasteiger partial charge is 0.316 e. The summed E-state index contributed by atoms with van der Waals surface area (Å²) in [7, 11) is 1.89. The molecule has 0 saturated carbocycles. The summed E-state index contributed by atoms with van der Waals surface area (Å²) in [5, 5.41) is 9.29. The molecule has 1 fully saturated rings. The van der Waals surface area contributed by atoms with E-state index in [9.17, 15) is 9.90 Å². The average Bonchev–Trinajstić information content (AvgIpc) is 1.85. The van der Waals surface area contributed by atoms with E-state index in [4.69, 9.17) is 5.73 Å². The van der Waals surface area contributed by atoms with Gasteiger partial charge >= 0.3 is 6.03 Å². The zero-order valence-corrected chi connectivity index (χ0v) is 6.53. The van der Waals surface area contributed by atoms with Crippen molar-refractivity contribution in [3.8, 4) is 0 Å². The van der Waals surface area contributed by atoms with Gasteiger partial charge in [0.15, 0.2) is 0 Å². The van der Waals surface area contributed by atoms with Crippen LogP contribution in [0.5, 0.6) is 0 Å². The van der Waals surface area contributed by atoms with E-state index >= 15 is 0 Å². The van der Waals surface area contributed by atoms with Crippen LogP contribution in [0, 0.1) is 0 Å². The topological polar surface area (TPSA) is 69.8 Å². The molecule has 3 N–H and O–H groups in total. The Balaban J connectivity index is 2.50. The van der Waals surface area contributed by atoms with Gasteiger partial charge in [-0.3, -0.25) is 4.90 Å². The van der Waals surface area contributed by atoms with Crippen LogP contribution >= 0.6 is 0 Å². The minimum Gasteiger partial charge on any atom is -0.372 e. The minimum atomic E-state index is -0.744. The summed E-state index contributed by atoms with van der Waals surface area (Å²) in [5.41, 5.74) is 5.01. The molecule has 0 spiro atoms. The molecule has 1 atom stereocenters. The number of β-amino-alcohol motifs (C(OH)–C–C–N with tert-alkyl or cyclic N) is 1. The third kappa shape index (κ3) is 1.81. The number of piperazine rings is 1. The van der Waals surface area contributed by atoms with Crippen molar-refractivity contribution in [1.82, 2.24) is 9.80 Å². The summed E-state index contributed by atoms with van der Waals surface area (Å²) in [4.78, 5) is 13.9. The highest BCUT2D eigenvalue weighted by atomic mass is 16.3. The molecule has 2 amide bonds. The van der Waals surface area contributed by atoms with E-state index in [0.717, 1.165) is 6.54 Å². The number of urea groups is 1. The molecule has 0 aromatic rings. The number of hydrogen-bond acceptors (Lipinski definition) is 3. The van der Waals surface area contributed by atoms with Crippen molar-refractivity contribution in [2.75, 3.05) is 26.7 Å². The number of likely N-dealkylation sites (N-methyl/N-ethyl adjacent to an activating group) is 1. The van der Waals surface area contributed by atoms with Crippen LogP contribution in [-0.2, 0) is 0 Å². The lowest BCUT2D eigenvalue weighted by molar-refractivity contribution is -0.0203. The van der Waals surface area contributed by atoms with Crippen molar-refractivity contribution >= 4 is 6.03 Å². The second-order valence-electron chi connectivity index (χ2n) is 2.77. The number of nitrogens with two attached hydrogens (primary N) is 1. The summed E-state index contributed by atoms with van der Waals surface area (Å²) >= 11 is 0. The van der Waals surface area contributed by atoms with E-state index in [1.807, 2.05) is 11.9 Å². The van der Waals surface area contributed by atoms with Gasteiger partial charge in [-0.15, -0.1) is 0 Å². The molecule has 1 saturated heterocycles. The van der Waals surface area contributed by atoms with Gasteiger partial charge in [-0.25, -0.2) is 4.79 Å². The molecule has 11 heavy (non-hydrogen) atoms. The number of nitrogens with zero attached hydrogens (tertiary/aromatic N) is 2. The maximum atomic E-state index is 10.6. The summed E-state index contributed by atoms with van der Waals surface area (Å²) in [5.74, 6) is 0. The van der Waals surface area contributed by atoms with Gasteiger partial charge in [0, 0.05) is 19.6 Å². The number of amides is 2. The molecule has 1 aliphatic heterocycles. The number of hydrogen-bond donors (Lipinski definition) is 2. The molecule has 0 bridgehead atoms. The number of aliphatic hydroxyl groups is 1. The molecule has 0 radical (unpaired) electrons. The molecule has 1 unspecified atom stereocenters. The fraction of sp³-hybridized carbons (Fsp3) is 0.833. The summed E-state index contributed by atoms with van der Waals surface area (Å²) < 4.78 is 0. The van der Waals surface area contributed by atoms with Gasteiger partial charge in [0.2, 0.25) is 0 Å². The fourth-order valence-corrected chi connectivity index (χ4v) is 1.15. The van der Waals surface area contributed by atoms with Crippen LogP contribution < -0.4 is 5.73 Å². The Morgan fingerprint density at radius 1 is 1.64 bits per heavy atom. The van der Waals surface area contributed by atoms with E-state index in [2.05, 4.69) is 0 Å². The zero-order valence-electron chi connectivity index (χ0n) is 6.53. The molecule has 1 rings (SSSR count). The van der Waals surface area contributed by atoms with Crippen molar-refractivity contribution in [2.24, 2.45) is 5.73 Å². The van der Waals surface area contributed by atoms with E-state index < -0.39 is 12.3 Å². The van der Waals surface area contributed by atoms with Gasteiger partial charge in [0.05, 0.1) is 0 Å². The highest BCUT2D eigenvalue weighted by Gasteiger charge is 2.25. The van der Waals surface area contributed by atoms with Gasteiger partial charge in [-0.05, 0) is 7.05 Å². The van der Waals surface area contributed by atoms with Crippen molar-refractivity contribution < 1.29 is 9.90 Å². The number of primary amides is 1. The lowest BCUT2D eigenvalue weighted by Crippen LogP contribution is -2.55. The van der Waals surface area contributed by atoms with Crippen molar-refractivity contribution in [3.63, 3.8) is 0 Å². The molecule has 5 nitrogen and oxygen atoms in total. The van der Waals surface area contributed by atoms with E-state index in [1.165, 1.54) is 4.90 Å². The van der Waals surface area contributed by atoms with Gasteiger partial charge < -0.3 is 15.7 Å². The second kappa shape index (κ2) is 3.06. The Morgan fingerprint density at radius 3 is 2.73 bits per heavy atom. The minimum absolute atomic E-state index is 0.475. The van der Waals surface area contributed by atoms with E-state index in [0.29, 0.717) is 13.1 Å². The van der Waals surface area contributed by atoms with Crippen LogP contribution in [0.2, 0.25) is 0 Å². The Bertz CT molecular complexity index is 162. The molecular formula is C6H13N3O2. The SMILES string of the molecule is CN1CCN(C(N)=O)C(O)C1. The zero-order chi connectivity index (χ0) is 8.43. The van der Waals surface area contributed by atoms with Crippen molar-refractivity contribution in [3.05, 3.63) is 0 Å². The number of carbonyl (C=O) groups is 1. The van der Waals surface area contributed by atoms with Crippen LogP contribution in [-0.4, -0.2) is 53.8 Å². The molecule has 1 heterocycles. The average molecular weight is 159 g/mol. The van der Waals surface area contributed by atoms with Gasteiger partial charge in [0.25, 0.3) is 0 Å². The van der Waals surface area contributed by atoms with E-state index in [-0.39, 0.29) is 0 Å². The maximum absolute atomic E-state index is 10.6.